The molecule has 1 heterocycles. The number of para-hydroxylation sites is 1. The number of carbonyl (C=O) groups is 1. The smallest absolute Gasteiger partial charge is 0.258 e. The van der Waals surface area contributed by atoms with Gasteiger partial charge in [-0.25, -0.2) is 18.7 Å². The van der Waals surface area contributed by atoms with E-state index in [4.69, 9.17) is 23.2 Å². The first-order valence-electron chi connectivity index (χ1n) is 7.23. The van der Waals surface area contributed by atoms with Crippen molar-refractivity contribution in [3.63, 3.8) is 0 Å². The summed E-state index contributed by atoms with van der Waals surface area (Å²) in [6, 6.07) is 8.04. The minimum absolute atomic E-state index is 0.110. The lowest BCUT2D eigenvalue weighted by molar-refractivity contribution is 0.102. The molecule has 0 saturated heterocycles. The summed E-state index contributed by atoms with van der Waals surface area (Å²) in [5.74, 6) is -2.45. The normalized spacial score (nSPS) is 10.5. The summed E-state index contributed by atoms with van der Waals surface area (Å²) >= 11 is 12.1. The van der Waals surface area contributed by atoms with Crippen molar-refractivity contribution in [2.24, 2.45) is 0 Å². The van der Waals surface area contributed by atoms with Crippen molar-refractivity contribution in [1.29, 1.82) is 0 Å². The molecule has 0 bridgehead atoms. The van der Waals surface area contributed by atoms with Gasteiger partial charge in [-0.1, -0.05) is 29.3 Å². The molecule has 3 rings (SSSR count). The summed E-state index contributed by atoms with van der Waals surface area (Å²) in [4.78, 5) is 20.2. The first kappa shape index (κ1) is 18.0. The van der Waals surface area contributed by atoms with Gasteiger partial charge in [0.25, 0.3) is 5.91 Å². The van der Waals surface area contributed by atoms with Crippen LogP contribution in [0.2, 0.25) is 10.0 Å². The summed E-state index contributed by atoms with van der Waals surface area (Å²) in [6.07, 6.45) is 2.55. The number of rotatable bonds is 4. The SMILES string of the molecule is O=C(Nc1ccc(F)c(F)c1)c1cnc(Nc2c(Cl)cccc2Cl)nc1. The van der Waals surface area contributed by atoms with Crippen molar-refractivity contribution in [2.45, 2.75) is 0 Å². The van der Waals surface area contributed by atoms with Crippen LogP contribution in [0.1, 0.15) is 10.4 Å². The van der Waals surface area contributed by atoms with Crippen LogP contribution in [0.25, 0.3) is 0 Å². The van der Waals surface area contributed by atoms with Crippen molar-refractivity contribution in [1.82, 2.24) is 9.97 Å². The minimum atomic E-state index is -1.06. The van der Waals surface area contributed by atoms with Gasteiger partial charge in [0.05, 0.1) is 21.3 Å². The maximum Gasteiger partial charge on any atom is 0.258 e. The molecule has 1 amide bonds. The molecule has 2 N–H and O–H groups in total. The molecule has 0 spiro atoms. The molecule has 2 aromatic carbocycles. The van der Waals surface area contributed by atoms with Crippen LogP contribution in [0.4, 0.5) is 26.1 Å². The molecule has 0 aliphatic heterocycles. The third kappa shape index (κ3) is 4.07. The summed E-state index contributed by atoms with van der Waals surface area (Å²) in [6.45, 7) is 0. The summed E-state index contributed by atoms with van der Waals surface area (Å²) in [5, 5.41) is 6.07. The van der Waals surface area contributed by atoms with Gasteiger partial charge < -0.3 is 10.6 Å². The largest absolute Gasteiger partial charge is 0.322 e. The molecule has 0 aliphatic rings. The number of halogens is 4. The molecule has 5 nitrogen and oxygen atoms in total. The number of amides is 1. The van der Waals surface area contributed by atoms with Gasteiger partial charge in [0.2, 0.25) is 5.95 Å². The van der Waals surface area contributed by atoms with Gasteiger partial charge in [-0.2, -0.15) is 0 Å². The molecule has 0 aliphatic carbocycles. The first-order chi connectivity index (χ1) is 12.4. The van der Waals surface area contributed by atoms with Crippen LogP contribution in [0.5, 0.6) is 0 Å². The van der Waals surface area contributed by atoms with Crippen molar-refractivity contribution < 1.29 is 13.6 Å². The maximum atomic E-state index is 13.2. The quantitative estimate of drug-likeness (QED) is 0.648. The average Bonchev–Trinajstić information content (AvgIpc) is 2.62. The van der Waals surface area contributed by atoms with E-state index < -0.39 is 17.5 Å². The number of benzene rings is 2. The number of aromatic nitrogens is 2. The molecule has 0 atom stereocenters. The highest BCUT2D eigenvalue weighted by Gasteiger charge is 2.11. The van der Waals surface area contributed by atoms with Gasteiger partial charge in [-0.05, 0) is 24.3 Å². The molecule has 1 aromatic heterocycles. The van der Waals surface area contributed by atoms with E-state index in [2.05, 4.69) is 20.6 Å². The predicted molar refractivity (Wildman–Crippen MR) is 96.1 cm³/mol. The highest BCUT2D eigenvalue weighted by molar-refractivity contribution is 6.39. The lowest BCUT2D eigenvalue weighted by Crippen LogP contribution is -2.13. The highest BCUT2D eigenvalue weighted by atomic mass is 35.5. The Bertz CT molecular complexity index is 947. The first-order valence-corrected chi connectivity index (χ1v) is 7.99. The Hall–Kier alpha value is -2.77. The second-order valence-electron chi connectivity index (χ2n) is 5.10. The molecule has 0 unspecified atom stereocenters. The number of hydrogen-bond donors (Lipinski definition) is 2. The minimum Gasteiger partial charge on any atom is -0.322 e. The fourth-order valence-electron chi connectivity index (χ4n) is 2.02. The van der Waals surface area contributed by atoms with E-state index in [1.54, 1.807) is 18.2 Å². The van der Waals surface area contributed by atoms with E-state index in [1.165, 1.54) is 18.5 Å². The van der Waals surface area contributed by atoms with Crippen molar-refractivity contribution in [2.75, 3.05) is 10.6 Å². The van der Waals surface area contributed by atoms with Gasteiger partial charge in [-0.3, -0.25) is 4.79 Å². The molecule has 0 saturated carbocycles. The second-order valence-corrected chi connectivity index (χ2v) is 5.91. The van der Waals surface area contributed by atoms with Crippen molar-refractivity contribution in [3.8, 4) is 0 Å². The Morgan fingerprint density at radius 2 is 1.62 bits per heavy atom. The lowest BCUT2D eigenvalue weighted by atomic mass is 10.2. The van der Waals surface area contributed by atoms with Crippen LogP contribution in [0.15, 0.2) is 48.8 Å². The number of hydrogen-bond acceptors (Lipinski definition) is 4. The summed E-state index contributed by atoms with van der Waals surface area (Å²) in [7, 11) is 0. The van der Waals surface area contributed by atoms with Gasteiger partial charge >= 0.3 is 0 Å². The molecule has 3 aromatic rings. The third-order valence-corrected chi connectivity index (χ3v) is 3.92. The van der Waals surface area contributed by atoms with Crippen LogP contribution >= 0.6 is 23.2 Å². The molecule has 0 radical (unpaired) electrons. The molecule has 0 fully saturated rings. The van der Waals surface area contributed by atoms with Crippen molar-refractivity contribution >= 4 is 46.4 Å². The molecule has 26 heavy (non-hydrogen) atoms. The van der Waals surface area contributed by atoms with Gasteiger partial charge in [-0.15, -0.1) is 0 Å². The van der Waals surface area contributed by atoms with E-state index in [0.717, 1.165) is 12.1 Å². The standard InChI is InChI=1S/C17H10Cl2F2N4O/c18-11-2-1-3-12(19)15(11)25-17-22-7-9(8-23-17)16(26)24-10-4-5-13(20)14(21)6-10/h1-8H,(H,24,26)(H,22,23,25). The molecular formula is C17H10Cl2F2N4O. The highest BCUT2D eigenvalue weighted by Crippen LogP contribution is 2.31. The fourth-order valence-corrected chi connectivity index (χ4v) is 2.51. The predicted octanol–water partition coefficient (Wildman–Crippen LogP) is 5.06. The molecular weight excluding hydrogens is 385 g/mol. The monoisotopic (exact) mass is 394 g/mol. The van der Waals surface area contributed by atoms with Crippen LogP contribution in [-0.2, 0) is 0 Å². The fraction of sp³-hybridized carbons (Fsp3) is 0. The Balaban J connectivity index is 1.72. The van der Waals surface area contributed by atoms with Gasteiger partial charge in [0.15, 0.2) is 11.6 Å². The maximum absolute atomic E-state index is 13.2. The third-order valence-electron chi connectivity index (χ3n) is 3.29. The van der Waals surface area contributed by atoms with Crippen LogP contribution in [0.3, 0.4) is 0 Å². The Morgan fingerprint density at radius 1 is 0.962 bits per heavy atom. The number of anilines is 3. The van der Waals surface area contributed by atoms with Crippen molar-refractivity contribution in [3.05, 3.63) is 76.0 Å². The Labute approximate surface area is 157 Å². The van der Waals surface area contributed by atoms with Crippen LogP contribution in [-0.4, -0.2) is 15.9 Å². The topological polar surface area (TPSA) is 66.9 Å². The molecule has 132 valence electrons. The van der Waals surface area contributed by atoms with Gasteiger partial charge in [0, 0.05) is 24.1 Å². The Kier molecular flexibility index (Phi) is 5.29. The average molecular weight is 395 g/mol. The van der Waals surface area contributed by atoms with Gasteiger partial charge in [0.1, 0.15) is 0 Å². The number of nitrogens with one attached hydrogen (secondary N) is 2. The number of nitrogens with zero attached hydrogens (tertiary/aromatic N) is 2. The second kappa shape index (κ2) is 7.63. The summed E-state index contributed by atoms with van der Waals surface area (Å²) in [5.41, 5.74) is 0.680. The number of carbonyl (C=O) groups excluding carboxylic acids is 1. The lowest BCUT2D eigenvalue weighted by Gasteiger charge is -2.09. The van der Waals surface area contributed by atoms with E-state index >= 15 is 0 Å². The van der Waals surface area contributed by atoms with E-state index in [1.807, 2.05) is 0 Å². The van der Waals surface area contributed by atoms with E-state index in [0.29, 0.717) is 15.7 Å². The zero-order valence-electron chi connectivity index (χ0n) is 12.9. The van der Waals surface area contributed by atoms with E-state index in [9.17, 15) is 13.6 Å². The zero-order chi connectivity index (χ0) is 18.7. The van der Waals surface area contributed by atoms with Crippen LogP contribution < -0.4 is 10.6 Å². The van der Waals surface area contributed by atoms with E-state index in [-0.39, 0.29) is 17.2 Å². The van der Waals surface area contributed by atoms with Crippen LogP contribution in [0, 0.1) is 11.6 Å². The summed E-state index contributed by atoms with van der Waals surface area (Å²) < 4.78 is 26.1. The Morgan fingerprint density at radius 3 is 2.23 bits per heavy atom. The molecule has 9 heteroatoms. The zero-order valence-corrected chi connectivity index (χ0v) is 14.4.